The van der Waals surface area contributed by atoms with Gasteiger partial charge in [-0.25, -0.2) is 0 Å². The van der Waals surface area contributed by atoms with Crippen LogP contribution in [0.1, 0.15) is 31.7 Å². The van der Waals surface area contributed by atoms with Gasteiger partial charge in [-0.05, 0) is 50.4 Å². The summed E-state index contributed by atoms with van der Waals surface area (Å²) >= 11 is 0. The van der Waals surface area contributed by atoms with E-state index in [-0.39, 0.29) is 0 Å². The van der Waals surface area contributed by atoms with E-state index in [4.69, 9.17) is 9.47 Å². The van der Waals surface area contributed by atoms with E-state index in [1.165, 1.54) is 0 Å². The van der Waals surface area contributed by atoms with Gasteiger partial charge in [-0.2, -0.15) is 0 Å². The summed E-state index contributed by atoms with van der Waals surface area (Å²) in [5.74, 6) is 0.894. The van der Waals surface area contributed by atoms with Gasteiger partial charge in [-0.3, -0.25) is 0 Å². The zero-order chi connectivity index (χ0) is 14.4. The second-order valence-corrected chi connectivity index (χ2v) is 5.61. The van der Waals surface area contributed by atoms with Crippen molar-refractivity contribution in [1.29, 1.82) is 0 Å². The monoisotopic (exact) mass is 279 g/mol. The Kier molecular flexibility index (Phi) is 5.40. The molecule has 0 heterocycles. The van der Waals surface area contributed by atoms with Crippen LogP contribution >= 0.6 is 0 Å². The van der Waals surface area contributed by atoms with E-state index in [0.717, 1.165) is 37.2 Å². The molecule has 1 aromatic carbocycles. The van der Waals surface area contributed by atoms with Crippen LogP contribution in [0.25, 0.3) is 0 Å². The van der Waals surface area contributed by atoms with Gasteiger partial charge in [0.1, 0.15) is 5.75 Å². The molecule has 4 nitrogen and oxygen atoms in total. The highest BCUT2D eigenvalue weighted by atomic mass is 16.5. The van der Waals surface area contributed by atoms with Crippen LogP contribution in [0, 0.1) is 0 Å². The molecular formula is C16H25NO3. The minimum absolute atomic E-state index is 0.409. The lowest BCUT2D eigenvalue weighted by molar-refractivity contribution is 0.0474. The number of ether oxygens (including phenoxy) is 2. The van der Waals surface area contributed by atoms with Gasteiger partial charge in [0.25, 0.3) is 0 Å². The van der Waals surface area contributed by atoms with Gasteiger partial charge in [-0.1, -0.05) is 12.1 Å². The molecule has 20 heavy (non-hydrogen) atoms. The molecule has 2 rings (SSSR count). The molecule has 1 aliphatic carbocycles. The lowest BCUT2D eigenvalue weighted by atomic mass is 9.92. The predicted molar refractivity (Wildman–Crippen MR) is 79.0 cm³/mol. The molecule has 1 fully saturated rings. The first kappa shape index (κ1) is 15.3. The van der Waals surface area contributed by atoms with Crippen molar-refractivity contribution >= 4 is 0 Å². The number of nitrogens with one attached hydrogen (secondary N) is 1. The van der Waals surface area contributed by atoms with Crippen molar-refractivity contribution in [3.63, 3.8) is 0 Å². The highest BCUT2D eigenvalue weighted by Gasteiger charge is 2.25. The van der Waals surface area contributed by atoms with Crippen molar-refractivity contribution in [3.05, 3.63) is 29.8 Å². The lowest BCUT2D eigenvalue weighted by Gasteiger charge is -2.24. The average molecular weight is 279 g/mol. The first-order chi connectivity index (χ1) is 9.62. The van der Waals surface area contributed by atoms with Gasteiger partial charge >= 0.3 is 0 Å². The maximum atomic E-state index is 10.5. The molecule has 4 heteroatoms. The van der Waals surface area contributed by atoms with Crippen LogP contribution in [0.5, 0.6) is 5.75 Å². The zero-order valence-electron chi connectivity index (χ0n) is 12.4. The highest BCUT2D eigenvalue weighted by molar-refractivity contribution is 5.31. The first-order valence-electron chi connectivity index (χ1n) is 7.31. The van der Waals surface area contributed by atoms with Crippen molar-refractivity contribution < 1.29 is 14.6 Å². The maximum Gasteiger partial charge on any atom is 0.119 e. The van der Waals surface area contributed by atoms with Crippen LogP contribution in [0.2, 0.25) is 0 Å². The van der Waals surface area contributed by atoms with Crippen LogP contribution in [0.15, 0.2) is 24.3 Å². The van der Waals surface area contributed by atoms with Crippen LogP contribution in [-0.4, -0.2) is 38.0 Å². The molecule has 1 unspecified atom stereocenters. The van der Waals surface area contributed by atoms with Crippen molar-refractivity contribution in [2.24, 2.45) is 0 Å². The van der Waals surface area contributed by atoms with Crippen LogP contribution in [-0.2, 0) is 10.3 Å². The van der Waals surface area contributed by atoms with Crippen molar-refractivity contribution in [3.8, 4) is 5.75 Å². The van der Waals surface area contributed by atoms with E-state index in [1.807, 2.05) is 31.2 Å². The van der Waals surface area contributed by atoms with Gasteiger partial charge in [-0.15, -0.1) is 0 Å². The summed E-state index contributed by atoms with van der Waals surface area (Å²) < 4.78 is 10.7. The third kappa shape index (κ3) is 4.78. The molecule has 1 aromatic rings. The SMILES string of the molecule is COCCNCCC(C)(O)c1ccc(OC2CC2)cc1. The molecule has 0 radical (unpaired) electrons. The number of methoxy groups -OCH3 is 1. The Morgan fingerprint density at radius 1 is 1.25 bits per heavy atom. The smallest absolute Gasteiger partial charge is 0.119 e. The van der Waals surface area contributed by atoms with Crippen molar-refractivity contribution in [2.45, 2.75) is 37.9 Å². The fraction of sp³-hybridized carbons (Fsp3) is 0.625. The first-order valence-corrected chi connectivity index (χ1v) is 7.31. The Bertz CT molecular complexity index is 399. The zero-order valence-corrected chi connectivity index (χ0v) is 12.4. The number of aliphatic hydroxyl groups is 1. The fourth-order valence-corrected chi connectivity index (χ4v) is 2.05. The Hall–Kier alpha value is -1.10. The topological polar surface area (TPSA) is 50.7 Å². The second-order valence-electron chi connectivity index (χ2n) is 5.61. The van der Waals surface area contributed by atoms with E-state index >= 15 is 0 Å². The summed E-state index contributed by atoms with van der Waals surface area (Å²) in [6.45, 7) is 4.11. The van der Waals surface area contributed by atoms with Gasteiger partial charge < -0.3 is 19.9 Å². The summed E-state index contributed by atoms with van der Waals surface area (Å²) in [6.07, 6.45) is 3.39. The summed E-state index contributed by atoms with van der Waals surface area (Å²) in [5.41, 5.74) is 0.104. The second kappa shape index (κ2) is 7.07. The Balaban J connectivity index is 1.80. The largest absolute Gasteiger partial charge is 0.490 e. The molecule has 0 spiro atoms. The third-order valence-corrected chi connectivity index (χ3v) is 3.57. The average Bonchev–Trinajstić information content (AvgIpc) is 3.23. The Morgan fingerprint density at radius 2 is 1.95 bits per heavy atom. The third-order valence-electron chi connectivity index (χ3n) is 3.57. The molecule has 0 amide bonds. The van der Waals surface area contributed by atoms with E-state index < -0.39 is 5.60 Å². The number of hydrogen-bond acceptors (Lipinski definition) is 4. The van der Waals surface area contributed by atoms with Gasteiger partial charge in [0.15, 0.2) is 0 Å². The molecule has 1 aliphatic rings. The van der Waals surface area contributed by atoms with E-state index in [2.05, 4.69) is 5.32 Å². The predicted octanol–water partition coefficient (Wildman–Crippen LogP) is 2.06. The van der Waals surface area contributed by atoms with E-state index in [1.54, 1.807) is 7.11 Å². The molecule has 0 bridgehead atoms. The minimum atomic E-state index is -0.821. The summed E-state index contributed by atoms with van der Waals surface area (Å²) in [6, 6.07) is 7.79. The molecule has 2 N–H and O–H groups in total. The summed E-state index contributed by atoms with van der Waals surface area (Å²) in [4.78, 5) is 0. The van der Waals surface area contributed by atoms with Crippen molar-refractivity contribution in [2.75, 3.05) is 26.8 Å². The van der Waals surface area contributed by atoms with Crippen LogP contribution in [0.4, 0.5) is 0 Å². The van der Waals surface area contributed by atoms with Crippen LogP contribution in [0.3, 0.4) is 0 Å². The molecule has 0 saturated heterocycles. The molecular weight excluding hydrogens is 254 g/mol. The lowest BCUT2D eigenvalue weighted by Crippen LogP contribution is -2.29. The van der Waals surface area contributed by atoms with E-state index in [9.17, 15) is 5.11 Å². The standard InChI is InChI=1S/C16H25NO3/c1-16(18,9-10-17-11-12-19-2)13-3-5-14(6-4-13)20-15-7-8-15/h3-6,15,17-18H,7-12H2,1-2H3. The van der Waals surface area contributed by atoms with Crippen LogP contribution < -0.4 is 10.1 Å². The normalized spacial score (nSPS) is 17.8. The van der Waals surface area contributed by atoms with Gasteiger partial charge in [0.05, 0.1) is 18.3 Å². The molecule has 1 saturated carbocycles. The number of rotatable bonds is 9. The Labute approximate surface area is 121 Å². The quantitative estimate of drug-likeness (QED) is 0.679. The van der Waals surface area contributed by atoms with Crippen molar-refractivity contribution in [1.82, 2.24) is 5.32 Å². The Morgan fingerprint density at radius 3 is 2.55 bits per heavy atom. The molecule has 1 atom stereocenters. The highest BCUT2D eigenvalue weighted by Crippen LogP contribution is 2.29. The molecule has 0 aliphatic heterocycles. The maximum absolute atomic E-state index is 10.5. The summed E-state index contributed by atoms with van der Waals surface area (Å²) in [5, 5.41) is 13.8. The number of benzene rings is 1. The molecule has 112 valence electrons. The van der Waals surface area contributed by atoms with E-state index in [0.29, 0.717) is 19.1 Å². The fourth-order valence-electron chi connectivity index (χ4n) is 2.05. The van der Waals surface area contributed by atoms with Gasteiger partial charge in [0.2, 0.25) is 0 Å². The molecule has 0 aromatic heterocycles. The minimum Gasteiger partial charge on any atom is -0.490 e. The van der Waals surface area contributed by atoms with Gasteiger partial charge in [0, 0.05) is 13.7 Å². The summed E-state index contributed by atoms with van der Waals surface area (Å²) in [7, 11) is 1.68. The number of hydrogen-bond donors (Lipinski definition) is 2.